The summed E-state index contributed by atoms with van der Waals surface area (Å²) >= 11 is 1.49. The van der Waals surface area contributed by atoms with Gasteiger partial charge in [-0.2, -0.15) is 0 Å². The number of carbonyl (C=O) groups is 1. The zero-order valence-electron chi connectivity index (χ0n) is 9.52. The molecule has 88 valence electrons. The summed E-state index contributed by atoms with van der Waals surface area (Å²) in [6.07, 6.45) is 1.56. The van der Waals surface area contributed by atoms with Crippen LogP contribution in [0, 0.1) is 13.8 Å². The average Bonchev–Trinajstić information content (AvgIpc) is 2.64. The molecule has 1 amide bonds. The van der Waals surface area contributed by atoms with Gasteiger partial charge >= 0.3 is 0 Å². The van der Waals surface area contributed by atoms with Gasteiger partial charge in [-0.3, -0.25) is 9.78 Å². The van der Waals surface area contributed by atoms with Gasteiger partial charge in [0.25, 0.3) is 5.91 Å². The molecule has 0 fully saturated rings. The Kier molecular flexibility index (Phi) is 2.85. The first-order valence-corrected chi connectivity index (χ1v) is 5.92. The molecular formula is C12H12N2O2S. The molecule has 17 heavy (non-hydrogen) atoms. The number of thiophene rings is 1. The SMILES string of the molecule is Cc1csc(-c2cnc(C)c(C(N)=O)c2O)c1. The highest BCUT2D eigenvalue weighted by Crippen LogP contribution is 2.36. The molecule has 0 spiro atoms. The molecule has 0 radical (unpaired) electrons. The fourth-order valence-corrected chi connectivity index (χ4v) is 2.55. The maximum Gasteiger partial charge on any atom is 0.254 e. The van der Waals surface area contributed by atoms with E-state index in [1.807, 2.05) is 18.4 Å². The van der Waals surface area contributed by atoms with Crippen LogP contribution in [0.25, 0.3) is 10.4 Å². The Balaban J connectivity index is 2.65. The van der Waals surface area contributed by atoms with E-state index in [1.54, 1.807) is 13.1 Å². The van der Waals surface area contributed by atoms with Crippen molar-refractivity contribution in [3.63, 3.8) is 0 Å². The lowest BCUT2D eigenvalue weighted by Crippen LogP contribution is -2.14. The number of nitrogens with two attached hydrogens (primary N) is 1. The quantitative estimate of drug-likeness (QED) is 0.855. The van der Waals surface area contributed by atoms with E-state index in [-0.39, 0.29) is 11.3 Å². The number of nitrogens with zero attached hydrogens (tertiary/aromatic N) is 1. The second-order valence-electron chi connectivity index (χ2n) is 3.83. The Morgan fingerprint density at radius 2 is 2.18 bits per heavy atom. The molecule has 4 nitrogen and oxygen atoms in total. The maximum atomic E-state index is 11.3. The van der Waals surface area contributed by atoms with Crippen LogP contribution in [0.2, 0.25) is 0 Å². The molecule has 3 N–H and O–H groups in total. The molecule has 0 saturated carbocycles. The number of amides is 1. The van der Waals surface area contributed by atoms with Crippen molar-refractivity contribution in [1.82, 2.24) is 4.98 Å². The lowest BCUT2D eigenvalue weighted by atomic mass is 10.1. The lowest BCUT2D eigenvalue weighted by Gasteiger charge is -2.08. The molecule has 2 heterocycles. The van der Waals surface area contributed by atoms with Crippen molar-refractivity contribution in [1.29, 1.82) is 0 Å². The number of aromatic nitrogens is 1. The van der Waals surface area contributed by atoms with Gasteiger partial charge in [0, 0.05) is 11.1 Å². The van der Waals surface area contributed by atoms with Crippen LogP contribution < -0.4 is 5.73 Å². The molecule has 0 aliphatic rings. The zero-order chi connectivity index (χ0) is 12.6. The molecule has 0 bridgehead atoms. The smallest absolute Gasteiger partial charge is 0.254 e. The summed E-state index contributed by atoms with van der Waals surface area (Å²) in [5.74, 6) is -0.755. The van der Waals surface area contributed by atoms with Gasteiger partial charge in [-0.05, 0) is 30.9 Å². The topological polar surface area (TPSA) is 76.2 Å². The molecule has 0 saturated heterocycles. The summed E-state index contributed by atoms with van der Waals surface area (Å²) in [6, 6.07) is 1.93. The Hall–Kier alpha value is -1.88. The maximum absolute atomic E-state index is 11.3. The molecule has 0 aliphatic carbocycles. The van der Waals surface area contributed by atoms with E-state index in [1.165, 1.54) is 11.3 Å². The van der Waals surface area contributed by atoms with Crippen LogP contribution in [0.5, 0.6) is 5.75 Å². The summed E-state index contributed by atoms with van der Waals surface area (Å²) in [4.78, 5) is 16.2. The largest absolute Gasteiger partial charge is 0.506 e. The van der Waals surface area contributed by atoms with E-state index in [9.17, 15) is 9.90 Å². The van der Waals surface area contributed by atoms with Crippen molar-refractivity contribution in [2.24, 2.45) is 5.73 Å². The fourth-order valence-electron chi connectivity index (χ4n) is 1.64. The number of rotatable bonds is 2. The third-order valence-electron chi connectivity index (χ3n) is 2.48. The number of pyridine rings is 1. The third-order valence-corrected chi connectivity index (χ3v) is 3.56. The highest BCUT2D eigenvalue weighted by molar-refractivity contribution is 7.13. The van der Waals surface area contributed by atoms with Crippen molar-refractivity contribution in [3.05, 3.63) is 34.5 Å². The van der Waals surface area contributed by atoms with Crippen LogP contribution in [0.1, 0.15) is 21.6 Å². The molecule has 2 rings (SSSR count). The number of hydrogen-bond acceptors (Lipinski definition) is 4. The van der Waals surface area contributed by atoms with E-state index in [2.05, 4.69) is 4.98 Å². The fraction of sp³-hybridized carbons (Fsp3) is 0.167. The van der Waals surface area contributed by atoms with Crippen molar-refractivity contribution in [3.8, 4) is 16.2 Å². The summed E-state index contributed by atoms with van der Waals surface area (Å²) < 4.78 is 0. The van der Waals surface area contributed by atoms with E-state index >= 15 is 0 Å². The second kappa shape index (κ2) is 4.18. The van der Waals surface area contributed by atoms with Gasteiger partial charge in [0.2, 0.25) is 0 Å². The van der Waals surface area contributed by atoms with Gasteiger partial charge < -0.3 is 10.8 Å². The predicted molar refractivity (Wildman–Crippen MR) is 67.2 cm³/mol. The van der Waals surface area contributed by atoms with Crippen LogP contribution in [0.3, 0.4) is 0 Å². The predicted octanol–water partition coefficient (Wildman–Crippen LogP) is 2.23. The number of aromatic hydroxyl groups is 1. The first kappa shape index (κ1) is 11.6. The Labute approximate surface area is 103 Å². The first-order chi connectivity index (χ1) is 8.00. The highest BCUT2D eigenvalue weighted by Gasteiger charge is 2.17. The molecular weight excluding hydrogens is 236 g/mol. The Morgan fingerprint density at radius 1 is 1.47 bits per heavy atom. The zero-order valence-corrected chi connectivity index (χ0v) is 10.3. The highest BCUT2D eigenvalue weighted by atomic mass is 32.1. The van der Waals surface area contributed by atoms with Crippen molar-refractivity contribution < 1.29 is 9.90 Å². The van der Waals surface area contributed by atoms with Crippen molar-refractivity contribution in [2.75, 3.05) is 0 Å². The van der Waals surface area contributed by atoms with Gasteiger partial charge in [-0.1, -0.05) is 0 Å². The number of hydrogen-bond donors (Lipinski definition) is 2. The summed E-state index contributed by atoms with van der Waals surface area (Å²) in [6.45, 7) is 3.61. The second-order valence-corrected chi connectivity index (χ2v) is 4.74. The first-order valence-electron chi connectivity index (χ1n) is 5.04. The van der Waals surface area contributed by atoms with Crippen LogP contribution in [0.4, 0.5) is 0 Å². The average molecular weight is 248 g/mol. The Morgan fingerprint density at radius 3 is 2.71 bits per heavy atom. The van der Waals surface area contributed by atoms with Gasteiger partial charge in [0.1, 0.15) is 11.3 Å². The summed E-state index contributed by atoms with van der Waals surface area (Å²) in [5, 5.41) is 12.0. The van der Waals surface area contributed by atoms with Crippen molar-refractivity contribution >= 4 is 17.2 Å². The summed E-state index contributed by atoms with van der Waals surface area (Å²) in [7, 11) is 0. The summed E-state index contributed by atoms with van der Waals surface area (Å²) in [5.41, 5.74) is 7.41. The lowest BCUT2D eigenvalue weighted by molar-refractivity contribution is 0.0997. The van der Waals surface area contributed by atoms with Crippen LogP contribution in [0.15, 0.2) is 17.6 Å². The standard InChI is InChI=1S/C12H12N2O2S/c1-6-3-9(17-5-6)8-4-14-7(2)10(11(8)15)12(13)16/h3-5H,1-2H3,(H2,13,16)(H,14,15). The minimum atomic E-state index is -0.664. The number of aryl methyl sites for hydroxylation is 2. The molecule has 0 atom stereocenters. The van der Waals surface area contributed by atoms with Gasteiger partial charge in [-0.15, -0.1) is 11.3 Å². The monoisotopic (exact) mass is 248 g/mol. The number of primary amides is 1. The molecule has 0 aliphatic heterocycles. The van der Waals surface area contributed by atoms with Gasteiger partial charge in [-0.25, -0.2) is 0 Å². The third kappa shape index (κ3) is 2.01. The molecule has 2 aromatic rings. The Bertz CT molecular complexity index is 590. The van der Waals surface area contributed by atoms with Crippen LogP contribution in [-0.4, -0.2) is 16.0 Å². The molecule has 0 unspecified atom stereocenters. The van der Waals surface area contributed by atoms with Crippen LogP contribution in [-0.2, 0) is 0 Å². The molecule has 0 aromatic carbocycles. The minimum absolute atomic E-state index is 0.0909. The van der Waals surface area contributed by atoms with Gasteiger partial charge in [0.15, 0.2) is 0 Å². The van der Waals surface area contributed by atoms with E-state index < -0.39 is 5.91 Å². The van der Waals surface area contributed by atoms with E-state index in [0.717, 1.165) is 10.4 Å². The van der Waals surface area contributed by atoms with Crippen molar-refractivity contribution in [2.45, 2.75) is 13.8 Å². The minimum Gasteiger partial charge on any atom is -0.506 e. The van der Waals surface area contributed by atoms with Crippen LogP contribution >= 0.6 is 11.3 Å². The van der Waals surface area contributed by atoms with E-state index in [0.29, 0.717) is 11.3 Å². The molecule has 2 aromatic heterocycles. The number of carbonyl (C=O) groups excluding carboxylic acids is 1. The van der Waals surface area contributed by atoms with E-state index in [4.69, 9.17) is 5.73 Å². The van der Waals surface area contributed by atoms with Gasteiger partial charge in [0.05, 0.1) is 11.3 Å². The molecule has 5 heteroatoms. The normalized spacial score (nSPS) is 10.5.